The molecular formula is C15H22N2O4. The van der Waals surface area contributed by atoms with Gasteiger partial charge in [-0.25, -0.2) is 4.79 Å². The van der Waals surface area contributed by atoms with Gasteiger partial charge in [-0.05, 0) is 25.5 Å². The Balaban J connectivity index is 2.49. The summed E-state index contributed by atoms with van der Waals surface area (Å²) in [7, 11) is 0. The number of amides is 2. The molecular weight excluding hydrogens is 272 g/mol. The molecule has 116 valence electrons. The number of carboxylic acid groups (broad SMARTS) is 1. The first-order chi connectivity index (χ1) is 10.1. The molecule has 0 saturated carbocycles. The molecule has 6 nitrogen and oxygen atoms in total. The fraction of sp³-hybridized carbons (Fsp3) is 0.467. The third-order valence-electron chi connectivity index (χ3n) is 2.90. The SMILES string of the molecule is CCCC(CNC(=O)Nc1cccc(OCC)c1)C(=O)O. The zero-order valence-electron chi connectivity index (χ0n) is 12.4. The number of carboxylic acids is 1. The van der Waals surface area contributed by atoms with Gasteiger partial charge in [-0.3, -0.25) is 4.79 Å². The predicted molar refractivity (Wildman–Crippen MR) is 80.7 cm³/mol. The Kier molecular flexibility index (Phi) is 7.08. The van der Waals surface area contributed by atoms with Crippen molar-refractivity contribution in [2.24, 2.45) is 5.92 Å². The summed E-state index contributed by atoms with van der Waals surface area (Å²) in [4.78, 5) is 22.7. The summed E-state index contributed by atoms with van der Waals surface area (Å²) in [5, 5.41) is 14.2. The summed E-state index contributed by atoms with van der Waals surface area (Å²) in [5.41, 5.74) is 0.598. The van der Waals surface area contributed by atoms with Gasteiger partial charge >= 0.3 is 12.0 Å². The number of benzene rings is 1. The fourth-order valence-electron chi connectivity index (χ4n) is 1.88. The van der Waals surface area contributed by atoms with Crippen LogP contribution in [0.2, 0.25) is 0 Å². The zero-order valence-corrected chi connectivity index (χ0v) is 12.4. The van der Waals surface area contributed by atoms with E-state index in [1.54, 1.807) is 24.3 Å². The van der Waals surface area contributed by atoms with Crippen molar-refractivity contribution in [3.8, 4) is 5.75 Å². The van der Waals surface area contributed by atoms with Crippen LogP contribution in [-0.2, 0) is 4.79 Å². The van der Waals surface area contributed by atoms with Gasteiger partial charge in [0.25, 0.3) is 0 Å². The number of nitrogens with one attached hydrogen (secondary N) is 2. The van der Waals surface area contributed by atoms with Gasteiger partial charge < -0.3 is 20.5 Å². The molecule has 1 unspecified atom stereocenters. The fourth-order valence-corrected chi connectivity index (χ4v) is 1.88. The smallest absolute Gasteiger partial charge is 0.319 e. The van der Waals surface area contributed by atoms with Crippen molar-refractivity contribution in [3.63, 3.8) is 0 Å². The topological polar surface area (TPSA) is 87.7 Å². The molecule has 1 aromatic rings. The highest BCUT2D eigenvalue weighted by Gasteiger charge is 2.17. The number of ether oxygens (including phenoxy) is 1. The highest BCUT2D eigenvalue weighted by molar-refractivity contribution is 5.89. The lowest BCUT2D eigenvalue weighted by atomic mass is 10.0. The molecule has 1 rings (SSSR count). The summed E-state index contributed by atoms with van der Waals surface area (Å²) in [5.74, 6) is -0.782. The largest absolute Gasteiger partial charge is 0.494 e. The number of rotatable bonds is 8. The van der Waals surface area contributed by atoms with Crippen molar-refractivity contribution in [1.82, 2.24) is 5.32 Å². The maximum atomic E-state index is 11.8. The van der Waals surface area contributed by atoms with Crippen molar-refractivity contribution in [2.45, 2.75) is 26.7 Å². The lowest BCUT2D eigenvalue weighted by Gasteiger charge is -2.13. The van der Waals surface area contributed by atoms with Gasteiger partial charge in [-0.2, -0.15) is 0 Å². The van der Waals surface area contributed by atoms with Crippen LogP contribution in [0.15, 0.2) is 24.3 Å². The maximum absolute atomic E-state index is 11.8. The van der Waals surface area contributed by atoms with E-state index in [9.17, 15) is 9.59 Å². The Hall–Kier alpha value is -2.24. The van der Waals surface area contributed by atoms with Crippen LogP contribution in [0.5, 0.6) is 5.75 Å². The highest BCUT2D eigenvalue weighted by atomic mass is 16.5. The predicted octanol–water partition coefficient (Wildman–Crippen LogP) is 2.71. The zero-order chi connectivity index (χ0) is 15.7. The standard InChI is InChI=1S/C15H22N2O4/c1-3-6-11(14(18)19)10-16-15(20)17-12-7-5-8-13(9-12)21-4-2/h5,7-9,11H,3-4,6,10H2,1-2H3,(H,18,19)(H2,16,17,20). The average molecular weight is 294 g/mol. The molecule has 0 saturated heterocycles. The monoisotopic (exact) mass is 294 g/mol. The minimum atomic E-state index is -0.893. The van der Waals surface area contributed by atoms with E-state index < -0.39 is 17.9 Å². The number of anilines is 1. The molecule has 3 N–H and O–H groups in total. The van der Waals surface area contributed by atoms with E-state index in [0.29, 0.717) is 24.5 Å². The Labute approximate surface area is 124 Å². The second kappa shape index (κ2) is 8.84. The van der Waals surface area contributed by atoms with Crippen molar-refractivity contribution >= 4 is 17.7 Å². The number of urea groups is 1. The van der Waals surface area contributed by atoms with Gasteiger partial charge in [0.2, 0.25) is 0 Å². The minimum absolute atomic E-state index is 0.111. The molecule has 0 aliphatic heterocycles. The van der Waals surface area contributed by atoms with Crippen molar-refractivity contribution in [3.05, 3.63) is 24.3 Å². The normalized spacial score (nSPS) is 11.5. The first-order valence-corrected chi connectivity index (χ1v) is 7.07. The van der Waals surface area contributed by atoms with E-state index >= 15 is 0 Å². The number of aliphatic carboxylic acids is 1. The third-order valence-corrected chi connectivity index (χ3v) is 2.90. The number of carbonyl (C=O) groups is 2. The summed E-state index contributed by atoms with van der Waals surface area (Å²) in [6, 6.07) is 6.60. The van der Waals surface area contributed by atoms with Crippen LogP contribution in [0.3, 0.4) is 0 Å². The van der Waals surface area contributed by atoms with E-state index in [1.165, 1.54) is 0 Å². The van der Waals surface area contributed by atoms with Crippen molar-refractivity contribution < 1.29 is 19.4 Å². The second-order valence-electron chi connectivity index (χ2n) is 4.62. The summed E-state index contributed by atoms with van der Waals surface area (Å²) >= 11 is 0. The summed E-state index contributed by atoms with van der Waals surface area (Å²) in [6.45, 7) is 4.45. The summed E-state index contributed by atoms with van der Waals surface area (Å²) < 4.78 is 5.34. The molecule has 0 bridgehead atoms. The number of hydrogen-bond acceptors (Lipinski definition) is 3. The number of carbonyl (C=O) groups excluding carboxylic acids is 1. The molecule has 1 atom stereocenters. The lowest BCUT2D eigenvalue weighted by Crippen LogP contribution is -2.35. The van der Waals surface area contributed by atoms with Gasteiger partial charge in [0.1, 0.15) is 5.75 Å². The molecule has 0 fully saturated rings. The van der Waals surface area contributed by atoms with E-state index in [-0.39, 0.29) is 6.54 Å². The van der Waals surface area contributed by atoms with Crippen molar-refractivity contribution in [2.75, 3.05) is 18.5 Å². The quantitative estimate of drug-likeness (QED) is 0.688. The maximum Gasteiger partial charge on any atom is 0.319 e. The van der Waals surface area contributed by atoms with Gasteiger partial charge in [0.05, 0.1) is 12.5 Å². The minimum Gasteiger partial charge on any atom is -0.494 e. The average Bonchev–Trinajstić information content (AvgIpc) is 2.44. The Morgan fingerprint density at radius 2 is 2.10 bits per heavy atom. The van der Waals surface area contributed by atoms with Crippen LogP contribution in [0.25, 0.3) is 0 Å². The van der Waals surface area contributed by atoms with Crippen LogP contribution in [-0.4, -0.2) is 30.3 Å². The van der Waals surface area contributed by atoms with Crippen LogP contribution < -0.4 is 15.4 Å². The molecule has 0 heterocycles. The Bertz CT molecular complexity index is 476. The van der Waals surface area contributed by atoms with Gasteiger partial charge in [-0.1, -0.05) is 19.4 Å². The van der Waals surface area contributed by atoms with Crippen LogP contribution >= 0.6 is 0 Å². The highest BCUT2D eigenvalue weighted by Crippen LogP contribution is 2.17. The van der Waals surface area contributed by atoms with Crippen LogP contribution in [0.1, 0.15) is 26.7 Å². The van der Waals surface area contributed by atoms with Crippen LogP contribution in [0.4, 0.5) is 10.5 Å². The second-order valence-corrected chi connectivity index (χ2v) is 4.62. The molecule has 0 spiro atoms. The molecule has 1 aromatic carbocycles. The van der Waals surface area contributed by atoms with Gasteiger partial charge in [0, 0.05) is 18.3 Å². The van der Waals surface area contributed by atoms with E-state index in [0.717, 1.165) is 6.42 Å². The van der Waals surface area contributed by atoms with E-state index in [2.05, 4.69) is 10.6 Å². The molecule has 0 aliphatic carbocycles. The van der Waals surface area contributed by atoms with E-state index in [1.807, 2.05) is 13.8 Å². The van der Waals surface area contributed by atoms with E-state index in [4.69, 9.17) is 9.84 Å². The third kappa shape index (κ3) is 6.16. The molecule has 0 radical (unpaired) electrons. The summed E-state index contributed by atoms with van der Waals surface area (Å²) in [6.07, 6.45) is 1.30. The first kappa shape index (κ1) is 16.8. The van der Waals surface area contributed by atoms with Crippen molar-refractivity contribution in [1.29, 1.82) is 0 Å². The molecule has 21 heavy (non-hydrogen) atoms. The lowest BCUT2D eigenvalue weighted by molar-refractivity contribution is -0.141. The number of hydrogen-bond donors (Lipinski definition) is 3. The Morgan fingerprint density at radius 1 is 1.33 bits per heavy atom. The Morgan fingerprint density at radius 3 is 2.71 bits per heavy atom. The van der Waals surface area contributed by atoms with Crippen LogP contribution in [0, 0.1) is 5.92 Å². The first-order valence-electron chi connectivity index (χ1n) is 7.07. The molecule has 6 heteroatoms. The molecule has 2 amide bonds. The molecule has 0 aromatic heterocycles. The van der Waals surface area contributed by atoms with Gasteiger partial charge in [0.15, 0.2) is 0 Å². The molecule has 0 aliphatic rings. The van der Waals surface area contributed by atoms with Gasteiger partial charge in [-0.15, -0.1) is 0 Å².